The van der Waals surface area contributed by atoms with Crippen LogP contribution in [0.1, 0.15) is 26.2 Å². The molecule has 0 aromatic carbocycles. The summed E-state index contributed by atoms with van der Waals surface area (Å²) < 4.78 is 0. The van der Waals surface area contributed by atoms with E-state index in [1.807, 2.05) is 0 Å². The van der Waals surface area contributed by atoms with E-state index in [1.165, 1.54) is 0 Å². The van der Waals surface area contributed by atoms with Gasteiger partial charge in [0.1, 0.15) is 0 Å². The molecule has 1 aliphatic rings. The number of nitrogens with zero attached hydrogens (tertiary/aromatic N) is 1. The lowest BCUT2D eigenvalue weighted by Gasteiger charge is -2.19. The Morgan fingerprint density at radius 1 is 1.55 bits per heavy atom. The first-order valence-corrected chi connectivity index (χ1v) is 4.13. The Hall–Kier alpha value is -0.570. The van der Waals surface area contributed by atoms with Crippen LogP contribution < -0.4 is 0 Å². The number of amides is 1. The van der Waals surface area contributed by atoms with E-state index in [0.29, 0.717) is 6.54 Å². The number of hydrogen-bond donors (Lipinski definition) is 1. The maximum Gasteiger partial charge on any atom is 0.219 e. The predicted molar refractivity (Wildman–Crippen MR) is 42.1 cm³/mol. The SMILES string of the molecule is CC(=O)N1CCCC[C@H](O)C1. The summed E-state index contributed by atoms with van der Waals surface area (Å²) in [5.41, 5.74) is 0. The van der Waals surface area contributed by atoms with Crippen LogP contribution in [0.3, 0.4) is 0 Å². The number of aliphatic hydroxyl groups is 1. The van der Waals surface area contributed by atoms with E-state index in [4.69, 9.17) is 0 Å². The highest BCUT2D eigenvalue weighted by Gasteiger charge is 2.16. The summed E-state index contributed by atoms with van der Waals surface area (Å²) in [5.74, 6) is 0.0750. The van der Waals surface area contributed by atoms with Crippen molar-refractivity contribution in [2.75, 3.05) is 13.1 Å². The molecule has 1 rings (SSSR count). The van der Waals surface area contributed by atoms with Gasteiger partial charge in [0.15, 0.2) is 0 Å². The maximum atomic E-state index is 10.9. The number of rotatable bonds is 0. The number of aliphatic hydroxyl groups excluding tert-OH is 1. The lowest BCUT2D eigenvalue weighted by atomic mass is 10.2. The van der Waals surface area contributed by atoms with E-state index >= 15 is 0 Å². The van der Waals surface area contributed by atoms with Gasteiger partial charge in [-0.1, -0.05) is 0 Å². The van der Waals surface area contributed by atoms with Crippen LogP contribution in [0.4, 0.5) is 0 Å². The van der Waals surface area contributed by atoms with Crippen molar-refractivity contribution in [1.29, 1.82) is 0 Å². The fraction of sp³-hybridized carbons (Fsp3) is 0.875. The average Bonchev–Trinajstić information content (AvgIpc) is 2.13. The zero-order valence-corrected chi connectivity index (χ0v) is 6.92. The minimum atomic E-state index is -0.304. The molecule has 0 aromatic heterocycles. The van der Waals surface area contributed by atoms with Gasteiger partial charge in [0.2, 0.25) is 5.91 Å². The summed E-state index contributed by atoms with van der Waals surface area (Å²) >= 11 is 0. The Labute approximate surface area is 67.0 Å². The van der Waals surface area contributed by atoms with Gasteiger partial charge in [-0.15, -0.1) is 0 Å². The number of likely N-dealkylation sites (tertiary alicyclic amines) is 1. The highest BCUT2D eigenvalue weighted by Crippen LogP contribution is 2.10. The molecule has 1 amide bonds. The molecule has 64 valence electrons. The van der Waals surface area contributed by atoms with Crippen molar-refractivity contribution >= 4 is 5.91 Å². The molecule has 1 fully saturated rings. The predicted octanol–water partition coefficient (Wildman–Crippen LogP) is 0.380. The van der Waals surface area contributed by atoms with Crippen molar-refractivity contribution in [1.82, 2.24) is 4.90 Å². The second-order valence-corrected chi connectivity index (χ2v) is 3.11. The van der Waals surface area contributed by atoms with Crippen molar-refractivity contribution in [2.45, 2.75) is 32.3 Å². The smallest absolute Gasteiger partial charge is 0.219 e. The summed E-state index contributed by atoms with van der Waals surface area (Å²) in [4.78, 5) is 12.6. The zero-order chi connectivity index (χ0) is 8.27. The minimum Gasteiger partial charge on any atom is -0.391 e. The van der Waals surface area contributed by atoms with E-state index in [-0.39, 0.29) is 12.0 Å². The molecule has 1 saturated heterocycles. The molecular formula is C8H15NO2. The molecule has 1 heterocycles. The van der Waals surface area contributed by atoms with Gasteiger partial charge in [-0.2, -0.15) is 0 Å². The second-order valence-electron chi connectivity index (χ2n) is 3.11. The molecule has 0 radical (unpaired) electrons. The Bertz CT molecular complexity index is 147. The second kappa shape index (κ2) is 3.72. The molecule has 0 aromatic rings. The summed E-state index contributed by atoms with van der Waals surface area (Å²) in [6.07, 6.45) is 2.59. The van der Waals surface area contributed by atoms with Crippen molar-refractivity contribution in [3.8, 4) is 0 Å². The van der Waals surface area contributed by atoms with Gasteiger partial charge in [-0.25, -0.2) is 0 Å². The Morgan fingerprint density at radius 2 is 2.27 bits per heavy atom. The van der Waals surface area contributed by atoms with Crippen LogP contribution in [-0.4, -0.2) is 35.1 Å². The van der Waals surface area contributed by atoms with E-state index in [1.54, 1.807) is 11.8 Å². The summed E-state index contributed by atoms with van der Waals surface area (Å²) in [7, 11) is 0. The topological polar surface area (TPSA) is 40.5 Å². The highest BCUT2D eigenvalue weighted by molar-refractivity contribution is 5.73. The monoisotopic (exact) mass is 157 g/mol. The lowest BCUT2D eigenvalue weighted by molar-refractivity contribution is -0.129. The third-order valence-electron chi connectivity index (χ3n) is 2.09. The van der Waals surface area contributed by atoms with E-state index in [0.717, 1.165) is 25.8 Å². The Morgan fingerprint density at radius 3 is 2.91 bits per heavy atom. The van der Waals surface area contributed by atoms with Crippen LogP contribution >= 0.6 is 0 Å². The number of carbonyl (C=O) groups excluding carboxylic acids is 1. The largest absolute Gasteiger partial charge is 0.391 e. The maximum absolute atomic E-state index is 10.9. The standard InChI is InChI=1S/C8H15NO2/c1-7(10)9-5-3-2-4-8(11)6-9/h8,11H,2-6H2,1H3/t8-/m0/s1. The quantitative estimate of drug-likeness (QED) is 0.552. The van der Waals surface area contributed by atoms with Crippen LogP contribution in [0.2, 0.25) is 0 Å². The summed E-state index contributed by atoms with van der Waals surface area (Å²) in [6.45, 7) is 2.89. The molecule has 0 bridgehead atoms. The normalized spacial score (nSPS) is 26.4. The molecule has 11 heavy (non-hydrogen) atoms. The van der Waals surface area contributed by atoms with Crippen LogP contribution in [0.15, 0.2) is 0 Å². The molecule has 1 N–H and O–H groups in total. The number of hydrogen-bond acceptors (Lipinski definition) is 2. The molecule has 0 spiro atoms. The van der Waals surface area contributed by atoms with Crippen LogP contribution in [0.5, 0.6) is 0 Å². The Kier molecular flexibility index (Phi) is 2.88. The van der Waals surface area contributed by atoms with E-state index < -0.39 is 0 Å². The molecule has 0 unspecified atom stereocenters. The van der Waals surface area contributed by atoms with Crippen LogP contribution in [-0.2, 0) is 4.79 Å². The zero-order valence-electron chi connectivity index (χ0n) is 6.92. The minimum absolute atomic E-state index is 0.0750. The van der Waals surface area contributed by atoms with Crippen molar-refractivity contribution in [2.24, 2.45) is 0 Å². The van der Waals surface area contributed by atoms with Crippen LogP contribution in [0, 0.1) is 0 Å². The molecule has 0 saturated carbocycles. The Balaban J connectivity index is 2.45. The molecule has 1 atom stereocenters. The number of carbonyl (C=O) groups is 1. The molecule has 1 aliphatic heterocycles. The fourth-order valence-electron chi connectivity index (χ4n) is 1.41. The molecule has 0 aliphatic carbocycles. The lowest BCUT2D eigenvalue weighted by Crippen LogP contribution is -2.34. The summed E-state index contributed by atoms with van der Waals surface area (Å²) in [6, 6.07) is 0. The van der Waals surface area contributed by atoms with Gasteiger partial charge in [0.25, 0.3) is 0 Å². The van der Waals surface area contributed by atoms with E-state index in [2.05, 4.69) is 0 Å². The molecule has 3 nitrogen and oxygen atoms in total. The van der Waals surface area contributed by atoms with E-state index in [9.17, 15) is 9.90 Å². The fourth-order valence-corrected chi connectivity index (χ4v) is 1.41. The van der Waals surface area contributed by atoms with Gasteiger partial charge in [-0.3, -0.25) is 4.79 Å². The van der Waals surface area contributed by atoms with Gasteiger partial charge in [0.05, 0.1) is 6.10 Å². The van der Waals surface area contributed by atoms with Crippen LogP contribution in [0.25, 0.3) is 0 Å². The van der Waals surface area contributed by atoms with Gasteiger partial charge in [-0.05, 0) is 19.3 Å². The third-order valence-corrected chi connectivity index (χ3v) is 2.09. The van der Waals surface area contributed by atoms with Crippen molar-refractivity contribution in [3.05, 3.63) is 0 Å². The first-order valence-electron chi connectivity index (χ1n) is 4.13. The first-order chi connectivity index (χ1) is 5.20. The number of β-amino-alcohol motifs (C(OH)–C–C–N with tert-alkyl or cyclic N) is 1. The average molecular weight is 157 g/mol. The van der Waals surface area contributed by atoms with Crippen molar-refractivity contribution in [3.63, 3.8) is 0 Å². The third kappa shape index (κ3) is 2.50. The summed E-state index contributed by atoms with van der Waals surface area (Å²) in [5, 5.41) is 9.31. The molecule has 3 heteroatoms. The first kappa shape index (κ1) is 8.53. The van der Waals surface area contributed by atoms with Gasteiger partial charge < -0.3 is 10.0 Å². The van der Waals surface area contributed by atoms with Crippen molar-refractivity contribution < 1.29 is 9.90 Å². The molecular weight excluding hydrogens is 142 g/mol. The van der Waals surface area contributed by atoms with Gasteiger partial charge >= 0.3 is 0 Å². The van der Waals surface area contributed by atoms with Gasteiger partial charge in [0, 0.05) is 20.0 Å². The highest BCUT2D eigenvalue weighted by atomic mass is 16.3.